The predicted octanol–water partition coefficient (Wildman–Crippen LogP) is 2.40. The summed E-state index contributed by atoms with van der Waals surface area (Å²) in [6, 6.07) is 13.7. The topological polar surface area (TPSA) is 55.4 Å². The van der Waals surface area contributed by atoms with Crippen molar-refractivity contribution in [1.82, 2.24) is 5.32 Å². The Labute approximate surface area is 127 Å². The van der Waals surface area contributed by atoms with Crippen LogP contribution in [-0.2, 0) is 20.7 Å². The molecular weight excluding hydrogens is 285 g/mol. The molecule has 2 aromatic carbocycles. The van der Waals surface area contributed by atoms with Crippen molar-refractivity contribution >= 4 is 11.9 Å². The summed E-state index contributed by atoms with van der Waals surface area (Å²) in [5, 5.41) is 2.62. The fourth-order valence-electron chi connectivity index (χ4n) is 2.09. The molecule has 114 valence electrons. The maximum Gasteiger partial charge on any atom is 0.333 e. The van der Waals surface area contributed by atoms with Crippen LogP contribution in [-0.4, -0.2) is 19.0 Å². The van der Waals surface area contributed by atoms with Crippen LogP contribution in [0.15, 0.2) is 54.6 Å². The van der Waals surface area contributed by atoms with Crippen LogP contribution >= 0.6 is 0 Å². The van der Waals surface area contributed by atoms with Gasteiger partial charge in [0.2, 0.25) is 5.91 Å². The van der Waals surface area contributed by atoms with Crippen molar-refractivity contribution in [3.63, 3.8) is 0 Å². The van der Waals surface area contributed by atoms with Crippen LogP contribution in [0.1, 0.15) is 17.2 Å². The molecule has 0 spiro atoms. The lowest BCUT2D eigenvalue weighted by atomic mass is 10.1. The van der Waals surface area contributed by atoms with Crippen molar-refractivity contribution < 1.29 is 18.7 Å². The van der Waals surface area contributed by atoms with E-state index in [1.165, 1.54) is 25.3 Å². The van der Waals surface area contributed by atoms with E-state index in [0.717, 1.165) is 0 Å². The number of carbonyl (C=O) groups excluding carboxylic acids is 2. The molecule has 2 aromatic rings. The van der Waals surface area contributed by atoms with E-state index in [-0.39, 0.29) is 12.3 Å². The summed E-state index contributed by atoms with van der Waals surface area (Å²) in [6.45, 7) is 0. The first-order valence-electron chi connectivity index (χ1n) is 6.76. The van der Waals surface area contributed by atoms with Gasteiger partial charge in [-0.25, -0.2) is 9.18 Å². The zero-order valence-corrected chi connectivity index (χ0v) is 12.1. The van der Waals surface area contributed by atoms with Gasteiger partial charge < -0.3 is 10.1 Å². The number of benzene rings is 2. The maximum absolute atomic E-state index is 13.1. The Hall–Kier alpha value is -2.69. The highest BCUT2D eigenvalue weighted by Crippen LogP contribution is 2.14. The van der Waals surface area contributed by atoms with E-state index in [1.54, 1.807) is 30.3 Å². The van der Waals surface area contributed by atoms with Crippen LogP contribution in [0.2, 0.25) is 0 Å². The molecule has 5 heteroatoms. The van der Waals surface area contributed by atoms with Gasteiger partial charge in [-0.15, -0.1) is 0 Å². The van der Waals surface area contributed by atoms with Gasteiger partial charge in [-0.3, -0.25) is 4.79 Å². The molecule has 0 aliphatic carbocycles. The first-order valence-corrected chi connectivity index (χ1v) is 6.76. The molecule has 0 heterocycles. The number of hydrogen-bond acceptors (Lipinski definition) is 3. The van der Waals surface area contributed by atoms with E-state index < -0.39 is 17.8 Å². The summed E-state index contributed by atoms with van der Waals surface area (Å²) in [5.74, 6) is -1.35. The van der Waals surface area contributed by atoms with Crippen LogP contribution in [0, 0.1) is 5.82 Å². The molecule has 1 atom stereocenters. The van der Waals surface area contributed by atoms with E-state index in [2.05, 4.69) is 5.32 Å². The van der Waals surface area contributed by atoms with Crippen LogP contribution in [0.5, 0.6) is 0 Å². The number of rotatable bonds is 5. The Bertz CT molecular complexity index is 658. The van der Waals surface area contributed by atoms with Gasteiger partial charge in [0.25, 0.3) is 0 Å². The lowest BCUT2D eigenvalue weighted by molar-refractivity contribution is -0.145. The van der Waals surface area contributed by atoms with Crippen molar-refractivity contribution in [1.29, 1.82) is 0 Å². The average Bonchev–Trinajstić information content (AvgIpc) is 2.53. The minimum atomic E-state index is -0.882. The lowest BCUT2D eigenvalue weighted by Crippen LogP contribution is -2.35. The second kappa shape index (κ2) is 7.36. The van der Waals surface area contributed by atoms with Crippen molar-refractivity contribution in [3.8, 4) is 0 Å². The first-order chi connectivity index (χ1) is 10.6. The van der Waals surface area contributed by atoms with Gasteiger partial charge in [0, 0.05) is 0 Å². The summed E-state index contributed by atoms with van der Waals surface area (Å²) >= 11 is 0. The average molecular weight is 301 g/mol. The highest BCUT2D eigenvalue weighted by Gasteiger charge is 2.23. The monoisotopic (exact) mass is 301 g/mol. The van der Waals surface area contributed by atoms with Gasteiger partial charge >= 0.3 is 5.97 Å². The Morgan fingerprint density at radius 3 is 2.50 bits per heavy atom. The molecule has 0 aliphatic rings. The molecule has 1 amide bonds. The van der Waals surface area contributed by atoms with Crippen LogP contribution in [0.25, 0.3) is 0 Å². The maximum atomic E-state index is 13.1. The highest BCUT2D eigenvalue weighted by molar-refractivity contribution is 5.86. The molecule has 0 saturated heterocycles. The van der Waals surface area contributed by atoms with E-state index in [1.807, 2.05) is 6.07 Å². The molecule has 2 rings (SSSR count). The molecule has 22 heavy (non-hydrogen) atoms. The summed E-state index contributed by atoms with van der Waals surface area (Å²) in [4.78, 5) is 23.9. The lowest BCUT2D eigenvalue weighted by Gasteiger charge is -2.17. The van der Waals surface area contributed by atoms with E-state index >= 15 is 0 Å². The summed E-state index contributed by atoms with van der Waals surface area (Å²) in [6.07, 6.45) is -0.0158. The number of carbonyl (C=O) groups is 2. The number of esters is 1. The largest absolute Gasteiger partial charge is 0.467 e. The van der Waals surface area contributed by atoms with Gasteiger partial charge in [-0.05, 0) is 23.3 Å². The molecule has 0 bridgehead atoms. The fourth-order valence-corrected chi connectivity index (χ4v) is 2.09. The summed E-state index contributed by atoms with van der Waals surface area (Å²) < 4.78 is 17.8. The molecule has 4 nitrogen and oxygen atoms in total. The molecule has 0 unspecified atom stereocenters. The summed E-state index contributed by atoms with van der Waals surface area (Å²) in [7, 11) is 1.26. The van der Waals surface area contributed by atoms with Gasteiger partial charge in [0.1, 0.15) is 5.82 Å². The number of methoxy groups -OCH3 is 1. The number of halogens is 1. The minimum absolute atomic E-state index is 0.0158. The second-order valence-corrected chi connectivity index (χ2v) is 4.74. The van der Waals surface area contributed by atoms with Gasteiger partial charge in [-0.2, -0.15) is 0 Å². The second-order valence-electron chi connectivity index (χ2n) is 4.74. The van der Waals surface area contributed by atoms with Crippen LogP contribution in [0.3, 0.4) is 0 Å². The Morgan fingerprint density at radius 2 is 1.86 bits per heavy atom. The van der Waals surface area contributed by atoms with Gasteiger partial charge in [0.05, 0.1) is 13.5 Å². The standard InChI is InChI=1S/C17H16FNO3/c1-22-17(21)16(13-7-3-2-4-8-13)19-15(20)11-12-6-5-9-14(18)10-12/h2-10,16H,11H2,1H3,(H,19,20)/t16-/m1/s1. The first kappa shape index (κ1) is 15.7. The predicted molar refractivity (Wildman–Crippen MR) is 79.4 cm³/mol. The van der Waals surface area contributed by atoms with E-state index in [4.69, 9.17) is 4.74 Å². The van der Waals surface area contributed by atoms with Crippen molar-refractivity contribution in [2.45, 2.75) is 12.5 Å². The number of nitrogens with one attached hydrogen (secondary N) is 1. The van der Waals surface area contributed by atoms with Gasteiger partial charge in [0.15, 0.2) is 6.04 Å². The van der Waals surface area contributed by atoms with Crippen molar-refractivity contribution in [3.05, 3.63) is 71.5 Å². The van der Waals surface area contributed by atoms with E-state index in [9.17, 15) is 14.0 Å². The molecule has 0 radical (unpaired) electrons. The Kier molecular flexibility index (Phi) is 5.25. The Balaban J connectivity index is 2.10. The Morgan fingerprint density at radius 1 is 1.14 bits per heavy atom. The quantitative estimate of drug-likeness (QED) is 0.863. The molecule has 0 aliphatic heterocycles. The van der Waals surface area contributed by atoms with Crippen molar-refractivity contribution in [2.24, 2.45) is 0 Å². The van der Waals surface area contributed by atoms with Gasteiger partial charge in [-0.1, -0.05) is 42.5 Å². The third-order valence-corrected chi connectivity index (χ3v) is 3.13. The zero-order valence-electron chi connectivity index (χ0n) is 12.1. The molecular formula is C17H16FNO3. The SMILES string of the molecule is COC(=O)[C@H](NC(=O)Cc1cccc(F)c1)c1ccccc1. The molecule has 0 aromatic heterocycles. The molecule has 0 saturated carbocycles. The normalized spacial score (nSPS) is 11.5. The number of hydrogen-bond donors (Lipinski definition) is 1. The third kappa shape index (κ3) is 4.15. The molecule has 1 N–H and O–H groups in total. The number of ether oxygens (including phenoxy) is 1. The minimum Gasteiger partial charge on any atom is -0.467 e. The summed E-state index contributed by atoms with van der Waals surface area (Å²) in [5.41, 5.74) is 1.16. The number of amides is 1. The fraction of sp³-hybridized carbons (Fsp3) is 0.176. The van der Waals surface area contributed by atoms with Crippen LogP contribution < -0.4 is 5.32 Å². The van der Waals surface area contributed by atoms with Crippen LogP contribution in [0.4, 0.5) is 4.39 Å². The van der Waals surface area contributed by atoms with E-state index in [0.29, 0.717) is 11.1 Å². The highest BCUT2D eigenvalue weighted by atomic mass is 19.1. The zero-order chi connectivity index (χ0) is 15.9. The smallest absolute Gasteiger partial charge is 0.333 e. The third-order valence-electron chi connectivity index (χ3n) is 3.13. The molecule has 0 fully saturated rings. The van der Waals surface area contributed by atoms with Crippen molar-refractivity contribution in [2.75, 3.05) is 7.11 Å².